The number of aliphatic imine (C=N–C) groups is 1. The summed E-state index contributed by atoms with van der Waals surface area (Å²) in [5, 5.41) is 10.9. The van der Waals surface area contributed by atoms with Gasteiger partial charge >= 0.3 is 0 Å². The zero-order valence-electron chi connectivity index (χ0n) is 11.5. The van der Waals surface area contributed by atoms with Gasteiger partial charge in [0.15, 0.2) is 5.96 Å². The molecule has 0 spiro atoms. The Hall–Kier alpha value is -1.05. The number of rotatable bonds is 4. The Morgan fingerprint density at radius 2 is 2.21 bits per heavy atom. The van der Waals surface area contributed by atoms with Gasteiger partial charge in [0.1, 0.15) is 0 Å². The summed E-state index contributed by atoms with van der Waals surface area (Å²) in [6.45, 7) is 0.867. The van der Waals surface area contributed by atoms with Gasteiger partial charge in [-0.3, -0.25) is 9.67 Å². The summed E-state index contributed by atoms with van der Waals surface area (Å²) in [4.78, 5) is 4.23. The SMILES string of the molecule is CN=C(NCCc1cnn(C)c1)NC1CC=CC1.I. The van der Waals surface area contributed by atoms with Gasteiger partial charge in [-0.2, -0.15) is 5.10 Å². The van der Waals surface area contributed by atoms with Crippen LogP contribution in [-0.4, -0.2) is 35.4 Å². The van der Waals surface area contributed by atoms with Crippen LogP contribution in [-0.2, 0) is 13.5 Å². The largest absolute Gasteiger partial charge is 0.356 e. The summed E-state index contributed by atoms with van der Waals surface area (Å²) < 4.78 is 1.83. The molecule has 1 aromatic heterocycles. The molecule has 2 rings (SSSR count). The lowest BCUT2D eigenvalue weighted by atomic mass is 10.2. The van der Waals surface area contributed by atoms with Crippen LogP contribution >= 0.6 is 24.0 Å². The Morgan fingerprint density at radius 3 is 2.79 bits per heavy atom. The summed E-state index contributed by atoms with van der Waals surface area (Å²) in [7, 11) is 3.74. The molecule has 0 atom stereocenters. The molecule has 0 saturated carbocycles. The summed E-state index contributed by atoms with van der Waals surface area (Å²) in [6, 6.07) is 0.495. The van der Waals surface area contributed by atoms with Crippen LogP contribution in [0.5, 0.6) is 0 Å². The monoisotopic (exact) mass is 375 g/mol. The van der Waals surface area contributed by atoms with E-state index in [4.69, 9.17) is 0 Å². The van der Waals surface area contributed by atoms with Crippen molar-refractivity contribution in [3.8, 4) is 0 Å². The smallest absolute Gasteiger partial charge is 0.191 e. The van der Waals surface area contributed by atoms with Gasteiger partial charge in [0.25, 0.3) is 0 Å². The van der Waals surface area contributed by atoms with E-state index in [1.165, 1.54) is 5.56 Å². The molecule has 106 valence electrons. The van der Waals surface area contributed by atoms with Crippen LogP contribution < -0.4 is 10.6 Å². The third-order valence-corrected chi connectivity index (χ3v) is 3.04. The van der Waals surface area contributed by atoms with Crippen LogP contribution in [0, 0.1) is 0 Å². The lowest BCUT2D eigenvalue weighted by Gasteiger charge is -2.16. The molecular formula is C13H22IN5. The molecule has 1 heterocycles. The third kappa shape index (κ3) is 5.22. The van der Waals surface area contributed by atoms with Gasteiger partial charge < -0.3 is 10.6 Å². The fourth-order valence-electron chi connectivity index (χ4n) is 2.05. The maximum Gasteiger partial charge on any atom is 0.191 e. The maximum absolute atomic E-state index is 4.23. The number of aryl methyl sites for hydroxylation is 1. The van der Waals surface area contributed by atoms with Gasteiger partial charge in [0.05, 0.1) is 6.20 Å². The van der Waals surface area contributed by atoms with Crippen molar-refractivity contribution in [2.24, 2.45) is 12.0 Å². The molecule has 0 radical (unpaired) electrons. The average molecular weight is 375 g/mol. The van der Waals surface area contributed by atoms with Crippen molar-refractivity contribution in [1.29, 1.82) is 0 Å². The second kappa shape index (κ2) is 8.19. The van der Waals surface area contributed by atoms with Crippen molar-refractivity contribution in [2.45, 2.75) is 25.3 Å². The van der Waals surface area contributed by atoms with Crippen molar-refractivity contribution in [3.63, 3.8) is 0 Å². The minimum atomic E-state index is 0. The quantitative estimate of drug-likeness (QED) is 0.363. The molecular weight excluding hydrogens is 353 g/mol. The molecule has 6 heteroatoms. The number of nitrogens with one attached hydrogen (secondary N) is 2. The highest BCUT2D eigenvalue weighted by molar-refractivity contribution is 14.0. The molecule has 2 N–H and O–H groups in total. The first kappa shape index (κ1) is 16.0. The normalized spacial score (nSPS) is 15.4. The first-order valence-electron chi connectivity index (χ1n) is 6.37. The Labute approximate surface area is 131 Å². The van der Waals surface area contributed by atoms with Gasteiger partial charge in [-0.15, -0.1) is 24.0 Å². The number of nitrogens with zero attached hydrogens (tertiary/aromatic N) is 3. The third-order valence-electron chi connectivity index (χ3n) is 3.04. The van der Waals surface area contributed by atoms with Crippen LogP contribution in [0.3, 0.4) is 0 Å². The minimum Gasteiger partial charge on any atom is -0.356 e. The van der Waals surface area contributed by atoms with E-state index in [0.717, 1.165) is 31.8 Å². The number of hydrogen-bond donors (Lipinski definition) is 2. The molecule has 1 aliphatic rings. The summed E-state index contributed by atoms with van der Waals surface area (Å²) in [5.41, 5.74) is 1.24. The van der Waals surface area contributed by atoms with Crippen molar-refractivity contribution in [1.82, 2.24) is 20.4 Å². The molecule has 1 aliphatic carbocycles. The Morgan fingerprint density at radius 1 is 1.47 bits per heavy atom. The standard InChI is InChI=1S/C13H21N5.HI/c1-14-13(17-12-5-3-4-6-12)15-8-7-11-9-16-18(2)10-11;/h3-4,9-10,12H,5-8H2,1-2H3,(H2,14,15,17);1H. The fraction of sp³-hybridized carbons (Fsp3) is 0.538. The highest BCUT2D eigenvalue weighted by atomic mass is 127. The Kier molecular flexibility index (Phi) is 6.90. The van der Waals surface area contributed by atoms with Gasteiger partial charge in [-0.05, 0) is 24.8 Å². The predicted molar refractivity (Wildman–Crippen MR) is 89.0 cm³/mol. The molecule has 19 heavy (non-hydrogen) atoms. The second-order valence-electron chi connectivity index (χ2n) is 4.56. The van der Waals surface area contributed by atoms with E-state index in [1.54, 1.807) is 0 Å². The fourth-order valence-corrected chi connectivity index (χ4v) is 2.05. The predicted octanol–water partition coefficient (Wildman–Crippen LogP) is 1.46. The van der Waals surface area contributed by atoms with E-state index < -0.39 is 0 Å². The van der Waals surface area contributed by atoms with Gasteiger partial charge in [-0.25, -0.2) is 0 Å². The topological polar surface area (TPSA) is 54.2 Å². The number of aromatic nitrogens is 2. The number of guanidine groups is 1. The average Bonchev–Trinajstić information content (AvgIpc) is 3.00. The Balaban J connectivity index is 0.00000180. The molecule has 0 fully saturated rings. The van der Waals surface area contributed by atoms with E-state index in [-0.39, 0.29) is 24.0 Å². The van der Waals surface area contributed by atoms with E-state index in [0.29, 0.717) is 6.04 Å². The zero-order valence-corrected chi connectivity index (χ0v) is 13.8. The van der Waals surface area contributed by atoms with Crippen LogP contribution in [0.25, 0.3) is 0 Å². The van der Waals surface area contributed by atoms with Crippen LogP contribution in [0.4, 0.5) is 0 Å². The molecule has 0 aliphatic heterocycles. The molecule has 0 aromatic carbocycles. The molecule has 0 bridgehead atoms. The van der Waals surface area contributed by atoms with E-state index in [9.17, 15) is 0 Å². The highest BCUT2D eigenvalue weighted by Crippen LogP contribution is 2.08. The van der Waals surface area contributed by atoms with Gasteiger partial charge in [-0.1, -0.05) is 12.2 Å². The Bertz CT molecular complexity index is 430. The maximum atomic E-state index is 4.23. The number of halogens is 1. The molecule has 0 saturated heterocycles. The van der Waals surface area contributed by atoms with Gasteiger partial charge in [0, 0.05) is 32.9 Å². The van der Waals surface area contributed by atoms with Crippen molar-refractivity contribution in [2.75, 3.05) is 13.6 Å². The summed E-state index contributed by atoms with van der Waals surface area (Å²) in [6.07, 6.45) is 11.5. The lowest BCUT2D eigenvalue weighted by Crippen LogP contribution is -2.43. The minimum absolute atomic E-state index is 0. The first-order valence-corrected chi connectivity index (χ1v) is 6.37. The van der Waals surface area contributed by atoms with E-state index >= 15 is 0 Å². The van der Waals surface area contributed by atoms with Crippen molar-refractivity contribution < 1.29 is 0 Å². The summed E-state index contributed by atoms with van der Waals surface area (Å²) in [5.74, 6) is 0.882. The van der Waals surface area contributed by atoms with Gasteiger partial charge in [0.2, 0.25) is 0 Å². The second-order valence-corrected chi connectivity index (χ2v) is 4.56. The van der Waals surface area contributed by atoms with Crippen LogP contribution in [0.1, 0.15) is 18.4 Å². The van der Waals surface area contributed by atoms with Crippen molar-refractivity contribution >= 4 is 29.9 Å². The summed E-state index contributed by atoms with van der Waals surface area (Å²) >= 11 is 0. The number of hydrogen-bond acceptors (Lipinski definition) is 2. The van der Waals surface area contributed by atoms with Crippen LogP contribution in [0.15, 0.2) is 29.5 Å². The van der Waals surface area contributed by atoms with E-state index in [1.807, 2.05) is 31.2 Å². The zero-order chi connectivity index (χ0) is 12.8. The molecule has 0 unspecified atom stereocenters. The molecule has 0 amide bonds. The van der Waals surface area contributed by atoms with Crippen molar-refractivity contribution in [3.05, 3.63) is 30.1 Å². The molecule has 5 nitrogen and oxygen atoms in total. The molecule has 1 aromatic rings. The van der Waals surface area contributed by atoms with E-state index in [2.05, 4.69) is 32.9 Å². The highest BCUT2D eigenvalue weighted by Gasteiger charge is 2.11. The van der Waals surface area contributed by atoms with Crippen LogP contribution in [0.2, 0.25) is 0 Å². The lowest BCUT2D eigenvalue weighted by molar-refractivity contribution is 0.633. The first-order chi connectivity index (χ1) is 8.78.